The molecule has 3 heteroatoms. The maximum atomic E-state index is 12.1. The van der Waals surface area contributed by atoms with Crippen molar-refractivity contribution in [3.8, 4) is 0 Å². The first-order valence-corrected chi connectivity index (χ1v) is 6.79. The van der Waals surface area contributed by atoms with Crippen LogP contribution in [-0.2, 0) is 9.53 Å². The highest BCUT2D eigenvalue weighted by atomic mass is 16.6. The zero-order valence-corrected chi connectivity index (χ0v) is 11.7. The van der Waals surface area contributed by atoms with Gasteiger partial charge in [0.05, 0.1) is 0 Å². The van der Waals surface area contributed by atoms with Gasteiger partial charge in [-0.25, -0.2) is 0 Å². The van der Waals surface area contributed by atoms with Gasteiger partial charge in [0.25, 0.3) is 0 Å². The van der Waals surface area contributed by atoms with Crippen molar-refractivity contribution in [3.63, 3.8) is 0 Å². The van der Waals surface area contributed by atoms with Crippen LogP contribution in [0.3, 0.4) is 0 Å². The summed E-state index contributed by atoms with van der Waals surface area (Å²) >= 11 is 0. The van der Waals surface area contributed by atoms with Crippen LogP contribution in [0, 0.1) is 5.92 Å². The van der Waals surface area contributed by atoms with E-state index in [0.717, 1.165) is 31.6 Å². The van der Waals surface area contributed by atoms with Gasteiger partial charge in [0, 0.05) is 0 Å². The van der Waals surface area contributed by atoms with Gasteiger partial charge in [0.1, 0.15) is 11.1 Å². The summed E-state index contributed by atoms with van der Waals surface area (Å²) in [6, 6.07) is 0. The molecule has 0 aromatic carbocycles. The van der Waals surface area contributed by atoms with E-state index in [2.05, 4.69) is 6.92 Å². The summed E-state index contributed by atoms with van der Waals surface area (Å²) in [6.45, 7) is 7.86. The van der Waals surface area contributed by atoms with Crippen LogP contribution in [0.4, 0.5) is 0 Å². The zero-order valence-electron chi connectivity index (χ0n) is 11.7. The van der Waals surface area contributed by atoms with Crippen molar-refractivity contribution in [2.24, 2.45) is 11.7 Å². The van der Waals surface area contributed by atoms with Crippen LogP contribution in [-0.4, -0.2) is 17.1 Å². The van der Waals surface area contributed by atoms with Crippen molar-refractivity contribution < 1.29 is 9.53 Å². The molecule has 3 nitrogen and oxygen atoms in total. The predicted octanol–water partition coefficient (Wildman–Crippen LogP) is 3.02. The minimum absolute atomic E-state index is 0.222. The Morgan fingerprint density at radius 2 is 1.88 bits per heavy atom. The molecule has 1 aliphatic rings. The second kappa shape index (κ2) is 5.38. The average molecular weight is 241 g/mol. The molecule has 17 heavy (non-hydrogen) atoms. The van der Waals surface area contributed by atoms with Gasteiger partial charge in [-0.05, 0) is 52.4 Å². The van der Waals surface area contributed by atoms with Crippen molar-refractivity contribution in [3.05, 3.63) is 0 Å². The topological polar surface area (TPSA) is 52.3 Å². The smallest absolute Gasteiger partial charge is 0.326 e. The van der Waals surface area contributed by atoms with Gasteiger partial charge in [-0.2, -0.15) is 0 Å². The summed E-state index contributed by atoms with van der Waals surface area (Å²) < 4.78 is 5.41. The lowest BCUT2D eigenvalue weighted by Gasteiger charge is -2.37. The fourth-order valence-electron chi connectivity index (χ4n) is 2.47. The van der Waals surface area contributed by atoms with E-state index in [0.29, 0.717) is 0 Å². The Labute approximate surface area is 105 Å². The van der Waals surface area contributed by atoms with Gasteiger partial charge in [0.15, 0.2) is 0 Å². The Balaban J connectivity index is 2.51. The Morgan fingerprint density at radius 3 is 2.29 bits per heavy atom. The third-order valence-electron chi connectivity index (χ3n) is 3.50. The molecule has 0 saturated heterocycles. The SMILES string of the molecule is CCCC1CCC(N)(C(=O)OC(C)(C)C)CC1. The summed E-state index contributed by atoms with van der Waals surface area (Å²) in [6.07, 6.45) is 6.13. The largest absolute Gasteiger partial charge is 0.459 e. The van der Waals surface area contributed by atoms with E-state index in [9.17, 15) is 4.79 Å². The number of hydrogen-bond acceptors (Lipinski definition) is 3. The normalized spacial score (nSPS) is 30.1. The molecular weight excluding hydrogens is 214 g/mol. The molecular formula is C14H27NO2. The predicted molar refractivity (Wildman–Crippen MR) is 69.6 cm³/mol. The third kappa shape index (κ3) is 4.30. The zero-order chi connectivity index (χ0) is 13.1. The molecule has 100 valence electrons. The molecule has 0 radical (unpaired) electrons. The molecule has 0 spiro atoms. The van der Waals surface area contributed by atoms with E-state index in [1.165, 1.54) is 12.8 Å². The van der Waals surface area contributed by atoms with E-state index in [1.807, 2.05) is 20.8 Å². The maximum absolute atomic E-state index is 12.1. The van der Waals surface area contributed by atoms with Crippen molar-refractivity contribution in [1.29, 1.82) is 0 Å². The molecule has 1 aliphatic carbocycles. The number of rotatable bonds is 3. The van der Waals surface area contributed by atoms with E-state index in [1.54, 1.807) is 0 Å². The Hall–Kier alpha value is -0.570. The first-order chi connectivity index (χ1) is 7.77. The second-order valence-corrected chi connectivity index (χ2v) is 6.39. The molecule has 2 N–H and O–H groups in total. The van der Waals surface area contributed by atoms with E-state index in [4.69, 9.17) is 10.5 Å². The molecule has 0 atom stereocenters. The van der Waals surface area contributed by atoms with Crippen molar-refractivity contribution >= 4 is 5.97 Å². The fourth-order valence-corrected chi connectivity index (χ4v) is 2.47. The van der Waals surface area contributed by atoms with Crippen molar-refractivity contribution in [2.45, 2.75) is 77.4 Å². The summed E-state index contributed by atoms with van der Waals surface area (Å²) in [5, 5.41) is 0. The molecule has 0 aromatic rings. The summed E-state index contributed by atoms with van der Waals surface area (Å²) in [5.74, 6) is 0.527. The van der Waals surface area contributed by atoms with Crippen LogP contribution in [0.2, 0.25) is 0 Å². The van der Waals surface area contributed by atoms with Crippen molar-refractivity contribution in [1.82, 2.24) is 0 Å². The quantitative estimate of drug-likeness (QED) is 0.773. The molecule has 1 saturated carbocycles. The third-order valence-corrected chi connectivity index (χ3v) is 3.50. The molecule has 0 aliphatic heterocycles. The maximum Gasteiger partial charge on any atom is 0.326 e. The van der Waals surface area contributed by atoms with Gasteiger partial charge in [-0.1, -0.05) is 19.8 Å². The van der Waals surface area contributed by atoms with Crippen LogP contribution in [0.15, 0.2) is 0 Å². The van der Waals surface area contributed by atoms with Crippen LogP contribution in [0.25, 0.3) is 0 Å². The number of carbonyl (C=O) groups is 1. The van der Waals surface area contributed by atoms with Crippen LogP contribution < -0.4 is 5.73 Å². The number of hydrogen-bond donors (Lipinski definition) is 1. The fraction of sp³-hybridized carbons (Fsp3) is 0.929. The molecule has 0 bridgehead atoms. The molecule has 0 heterocycles. The van der Waals surface area contributed by atoms with E-state index in [-0.39, 0.29) is 5.97 Å². The minimum atomic E-state index is -0.739. The minimum Gasteiger partial charge on any atom is -0.459 e. The average Bonchev–Trinajstić information content (AvgIpc) is 2.19. The van der Waals surface area contributed by atoms with E-state index < -0.39 is 11.1 Å². The molecule has 0 amide bonds. The highest BCUT2D eigenvalue weighted by Gasteiger charge is 2.40. The first-order valence-electron chi connectivity index (χ1n) is 6.79. The Bertz CT molecular complexity index is 260. The second-order valence-electron chi connectivity index (χ2n) is 6.39. The number of carbonyl (C=O) groups excluding carboxylic acids is 1. The van der Waals surface area contributed by atoms with Crippen LogP contribution in [0.5, 0.6) is 0 Å². The van der Waals surface area contributed by atoms with Gasteiger partial charge >= 0.3 is 5.97 Å². The molecule has 1 rings (SSSR count). The van der Waals surface area contributed by atoms with Crippen LogP contribution in [0.1, 0.15) is 66.2 Å². The number of esters is 1. The molecule has 1 fully saturated rings. The van der Waals surface area contributed by atoms with E-state index >= 15 is 0 Å². The standard InChI is InChI=1S/C14H27NO2/c1-5-6-11-7-9-14(15,10-8-11)12(16)17-13(2,3)4/h11H,5-10,15H2,1-4H3. The monoisotopic (exact) mass is 241 g/mol. The lowest BCUT2D eigenvalue weighted by Crippen LogP contribution is -2.53. The highest BCUT2D eigenvalue weighted by Crippen LogP contribution is 2.34. The van der Waals surface area contributed by atoms with Gasteiger partial charge in [-0.15, -0.1) is 0 Å². The summed E-state index contributed by atoms with van der Waals surface area (Å²) in [4.78, 5) is 12.1. The molecule has 0 unspecified atom stereocenters. The molecule has 0 aromatic heterocycles. The Morgan fingerprint density at radius 1 is 1.35 bits per heavy atom. The number of nitrogens with two attached hydrogens (primary N) is 1. The van der Waals surface area contributed by atoms with Crippen molar-refractivity contribution in [2.75, 3.05) is 0 Å². The van der Waals surface area contributed by atoms with Crippen LogP contribution >= 0.6 is 0 Å². The van der Waals surface area contributed by atoms with Gasteiger partial charge in [0.2, 0.25) is 0 Å². The summed E-state index contributed by atoms with van der Waals surface area (Å²) in [7, 11) is 0. The Kier molecular flexibility index (Phi) is 4.59. The lowest BCUT2D eigenvalue weighted by atomic mass is 9.75. The first kappa shape index (κ1) is 14.5. The number of ether oxygens (including phenoxy) is 1. The van der Waals surface area contributed by atoms with Gasteiger partial charge < -0.3 is 10.5 Å². The highest BCUT2D eigenvalue weighted by molar-refractivity contribution is 5.81. The lowest BCUT2D eigenvalue weighted by molar-refractivity contribution is -0.163. The van der Waals surface area contributed by atoms with Gasteiger partial charge in [-0.3, -0.25) is 4.79 Å². The summed E-state index contributed by atoms with van der Waals surface area (Å²) in [5.41, 5.74) is 5.01.